The summed E-state index contributed by atoms with van der Waals surface area (Å²) in [5.41, 5.74) is 1.60. The number of ether oxygens (including phenoxy) is 1. The van der Waals surface area contributed by atoms with E-state index in [9.17, 15) is 9.18 Å². The van der Waals surface area contributed by atoms with Gasteiger partial charge in [0.1, 0.15) is 11.4 Å². The van der Waals surface area contributed by atoms with Crippen LogP contribution >= 0.6 is 0 Å². The van der Waals surface area contributed by atoms with Crippen LogP contribution in [0.2, 0.25) is 0 Å². The third-order valence-corrected chi connectivity index (χ3v) is 2.78. The number of aryl methyl sites for hydroxylation is 1. The number of hydrogen-bond donors (Lipinski definition) is 2. The lowest BCUT2D eigenvalue weighted by molar-refractivity contribution is 0.0523. The number of aromatic nitrogens is 1. The fraction of sp³-hybridized carbons (Fsp3) is 0.400. The smallest absolute Gasteiger partial charge is 0.407 e. The lowest BCUT2D eigenvalue weighted by Crippen LogP contribution is -2.32. The van der Waals surface area contributed by atoms with Crippen molar-refractivity contribution in [2.45, 2.75) is 39.8 Å². The van der Waals surface area contributed by atoms with Gasteiger partial charge in [0.2, 0.25) is 0 Å². The molecule has 1 aromatic carbocycles. The van der Waals surface area contributed by atoms with E-state index in [1.54, 1.807) is 33.8 Å². The number of alkyl carbamates (subject to hydrolysis) is 1. The number of halogens is 1. The molecule has 2 aromatic rings. The van der Waals surface area contributed by atoms with E-state index in [0.717, 1.165) is 11.1 Å². The van der Waals surface area contributed by atoms with Crippen molar-refractivity contribution in [3.63, 3.8) is 0 Å². The van der Waals surface area contributed by atoms with Gasteiger partial charge in [-0.15, -0.1) is 0 Å². The Kier molecular flexibility index (Phi) is 3.70. The Morgan fingerprint density at radius 1 is 1.35 bits per heavy atom. The Morgan fingerprint density at radius 3 is 2.70 bits per heavy atom. The number of benzene rings is 1. The Labute approximate surface area is 117 Å². The minimum Gasteiger partial charge on any atom is -0.444 e. The molecule has 0 fully saturated rings. The molecule has 4 nitrogen and oxygen atoms in total. The molecule has 1 amide bonds. The Balaban J connectivity index is 2.05. The Bertz CT molecular complexity index is 602. The second kappa shape index (κ2) is 5.15. The third kappa shape index (κ3) is 3.50. The number of nitrogens with one attached hydrogen (secondary N) is 2. The first-order valence-electron chi connectivity index (χ1n) is 6.49. The molecule has 5 heteroatoms. The number of rotatable bonds is 2. The third-order valence-electron chi connectivity index (χ3n) is 2.78. The fourth-order valence-electron chi connectivity index (χ4n) is 1.91. The highest BCUT2D eigenvalue weighted by atomic mass is 19.1. The first-order valence-corrected chi connectivity index (χ1v) is 6.49. The maximum atomic E-state index is 13.4. The highest BCUT2D eigenvalue weighted by Crippen LogP contribution is 2.19. The molecule has 20 heavy (non-hydrogen) atoms. The summed E-state index contributed by atoms with van der Waals surface area (Å²) in [5.74, 6) is -0.244. The van der Waals surface area contributed by atoms with E-state index in [4.69, 9.17) is 4.74 Å². The zero-order valence-electron chi connectivity index (χ0n) is 12.1. The largest absolute Gasteiger partial charge is 0.444 e. The summed E-state index contributed by atoms with van der Waals surface area (Å²) >= 11 is 0. The molecule has 0 aliphatic rings. The molecule has 0 atom stereocenters. The molecule has 0 radical (unpaired) electrons. The van der Waals surface area contributed by atoms with Crippen LogP contribution in [0.25, 0.3) is 10.9 Å². The number of carbonyl (C=O) groups is 1. The van der Waals surface area contributed by atoms with Crippen LogP contribution in [0.15, 0.2) is 18.2 Å². The molecule has 0 unspecified atom stereocenters. The highest BCUT2D eigenvalue weighted by molar-refractivity contribution is 5.81. The summed E-state index contributed by atoms with van der Waals surface area (Å²) in [5, 5.41) is 3.58. The van der Waals surface area contributed by atoms with Crippen LogP contribution in [-0.4, -0.2) is 16.7 Å². The maximum Gasteiger partial charge on any atom is 0.407 e. The van der Waals surface area contributed by atoms with Crippen LogP contribution in [0.4, 0.5) is 9.18 Å². The van der Waals surface area contributed by atoms with E-state index in [1.807, 2.05) is 6.07 Å². The number of carbonyl (C=O) groups excluding carboxylic acids is 1. The maximum absolute atomic E-state index is 13.4. The molecule has 0 bridgehead atoms. The SMILES string of the molecule is Cc1cc2cc(CNC(=O)OC(C)(C)C)[nH]c2cc1F. The molecule has 0 aliphatic carbocycles. The van der Waals surface area contributed by atoms with Crippen molar-refractivity contribution in [2.75, 3.05) is 0 Å². The predicted molar refractivity (Wildman–Crippen MR) is 76.1 cm³/mol. The highest BCUT2D eigenvalue weighted by Gasteiger charge is 2.16. The zero-order chi connectivity index (χ0) is 14.9. The van der Waals surface area contributed by atoms with Crippen molar-refractivity contribution in [3.05, 3.63) is 35.3 Å². The molecule has 108 valence electrons. The van der Waals surface area contributed by atoms with Gasteiger partial charge in [-0.3, -0.25) is 0 Å². The van der Waals surface area contributed by atoms with E-state index in [1.165, 1.54) is 6.07 Å². The molecule has 1 heterocycles. The van der Waals surface area contributed by atoms with E-state index >= 15 is 0 Å². The van der Waals surface area contributed by atoms with Gasteiger partial charge in [-0.25, -0.2) is 9.18 Å². The normalized spacial score (nSPS) is 11.7. The van der Waals surface area contributed by atoms with Crippen molar-refractivity contribution in [2.24, 2.45) is 0 Å². The van der Waals surface area contributed by atoms with Crippen molar-refractivity contribution in [1.82, 2.24) is 10.3 Å². The van der Waals surface area contributed by atoms with Crippen molar-refractivity contribution in [1.29, 1.82) is 0 Å². The average molecular weight is 278 g/mol. The minimum atomic E-state index is -0.523. The summed E-state index contributed by atoms with van der Waals surface area (Å²) in [4.78, 5) is 14.6. The van der Waals surface area contributed by atoms with E-state index in [-0.39, 0.29) is 5.82 Å². The van der Waals surface area contributed by atoms with E-state index < -0.39 is 11.7 Å². The van der Waals surface area contributed by atoms with Crippen LogP contribution in [0, 0.1) is 12.7 Å². The summed E-state index contributed by atoms with van der Waals surface area (Å²) in [6, 6.07) is 5.12. The second-order valence-electron chi connectivity index (χ2n) is 5.84. The van der Waals surface area contributed by atoms with Gasteiger partial charge in [-0.1, -0.05) is 0 Å². The number of H-pyrrole nitrogens is 1. The summed E-state index contributed by atoms with van der Waals surface area (Å²) in [6.45, 7) is 7.45. The van der Waals surface area contributed by atoms with Crippen molar-refractivity contribution in [3.8, 4) is 0 Å². The van der Waals surface area contributed by atoms with E-state index in [2.05, 4.69) is 10.3 Å². The fourth-order valence-corrected chi connectivity index (χ4v) is 1.91. The van der Waals surface area contributed by atoms with E-state index in [0.29, 0.717) is 17.6 Å². The molecule has 0 saturated heterocycles. The van der Waals surface area contributed by atoms with Crippen LogP contribution in [0.3, 0.4) is 0 Å². The van der Waals surface area contributed by atoms with Crippen LogP contribution in [0.1, 0.15) is 32.0 Å². The van der Waals surface area contributed by atoms with Gasteiger partial charge < -0.3 is 15.0 Å². The minimum absolute atomic E-state index is 0.244. The van der Waals surface area contributed by atoms with Gasteiger partial charge in [0.05, 0.1) is 6.54 Å². The van der Waals surface area contributed by atoms with Gasteiger partial charge in [-0.05, 0) is 51.5 Å². The Hall–Kier alpha value is -2.04. The molecule has 0 saturated carbocycles. The molecule has 0 aliphatic heterocycles. The standard InChI is InChI=1S/C15H19FN2O2/c1-9-5-10-6-11(18-13(10)7-12(9)16)8-17-14(19)20-15(2,3)4/h5-7,18H,8H2,1-4H3,(H,17,19). The van der Waals surface area contributed by atoms with Gasteiger partial charge in [0, 0.05) is 16.6 Å². The molecular weight excluding hydrogens is 259 g/mol. The summed E-state index contributed by atoms with van der Waals surface area (Å²) < 4.78 is 18.6. The van der Waals surface area contributed by atoms with Gasteiger partial charge >= 0.3 is 6.09 Å². The van der Waals surface area contributed by atoms with Crippen molar-refractivity contribution < 1.29 is 13.9 Å². The van der Waals surface area contributed by atoms with Crippen LogP contribution in [-0.2, 0) is 11.3 Å². The monoisotopic (exact) mass is 278 g/mol. The molecule has 0 spiro atoms. The zero-order valence-corrected chi connectivity index (χ0v) is 12.1. The average Bonchev–Trinajstić information content (AvgIpc) is 2.67. The van der Waals surface area contributed by atoms with Crippen LogP contribution < -0.4 is 5.32 Å². The Morgan fingerprint density at radius 2 is 2.05 bits per heavy atom. The topological polar surface area (TPSA) is 54.1 Å². The molecule has 2 rings (SSSR count). The summed E-state index contributed by atoms with van der Waals surface area (Å²) in [7, 11) is 0. The number of hydrogen-bond acceptors (Lipinski definition) is 2. The molecule has 2 N–H and O–H groups in total. The van der Waals surface area contributed by atoms with Gasteiger partial charge in [-0.2, -0.15) is 0 Å². The number of fused-ring (bicyclic) bond motifs is 1. The second-order valence-corrected chi connectivity index (χ2v) is 5.84. The quantitative estimate of drug-likeness (QED) is 0.881. The molecular formula is C15H19FN2O2. The predicted octanol–water partition coefficient (Wildman–Crippen LogP) is 3.64. The number of aromatic amines is 1. The summed E-state index contributed by atoms with van der Waals surface area (Å²) in [6.07, 6.45) is -0.474. The molecule has 1 aromatic heterocycles. The van der Waals surface area contributed by atoms with Gasteiger partial charge in [0.25, 0.3) is 0 Å². The first kappa shape index (κ1) is 14.4. The lowest BCUT2D eigenvalue weighted by Gasteiger charge is -2.19. The van der Waals surface area contributed by atoms with Crippen molar-refractivity contribution >= 4 is 17.0 Å². The van der Waals surface area contributed by atoms with Crippen LogP contribution in [0.5, 0.6) is 0 Å². The van der Waals surface area contributed by atoms with Gasteiger partial charge in [0.15, 0.2) is 0 Å². The number of amides is 1. The lowest BCUT2D eigenvalue weighted by atomic mass is 10.1. The first-order chi connectivity index (χ1) is 9.24.